The van der Waals surface area contributed by atoms with Gasteiger partial charge in [-0.2, -0.15) is 0 Å². The predicted molar refractivity (Wildman–Crippen MR) is 64.2 cm³/mol. The summed E-state index contributed by atoms with van der Waals surface area (Å²) in [6.07, 6.45) is 1.97. The third-order valence-corrected chi connectivity index (χ3v) is 3.76. The Morgan fingerprint density at radius 1 is 1.53 bits per heavy atom. The van der Waals surface area contributed by atoms with Crippen molar-refractivity contribution >= 4 is 23.1 Å². The SMILES string of the molecule is CC(=O)C1(Cc2c(Cl)cccc2[N+](=O)[O-])CC1. The average molecular weight is 254 g/mol. The smallest absolute Gasteiger partial charge is 0.274 e. The van der Waals surface area contributed by atoms with Gasteiger partial charge in [0, 0.05) is 17.0 Å². The van der Waals surface area contributed by atoms with Crippen molar-refractivity contribution in [1.82, 2.24) is 0 Å². The Bertz CT molecular complexity index is 495. The maximum Gasteiger partial charge on any atom is 0.274 e. The predicted octanol–water partition coefficient (Wildman–Crippen LogP) is 3.16. The van der Waals surface area contributed by atoms with Gasteiger partial charge < -0.3 is 0 Å². The zero-order chi connectivity index (χ0) is 12.6. The van der Waals surface area contributed by atoms with E-state index in [-0.39, 0.29) is 11.5 Å². The van der Waals surface area contributed by atoms with Crippen LogP contribution in [0.5, 0.6) is 0 Å². The van der Waals surface area contributed by atoms with E-state index in [1.54, 1.807) is 12.1 Å². The second-order valence-corrected chi connectivity index (χ2v) is 4.92. The van der Waals surface area contributed by atoms with E-state index in [0.29, 0.717) is 17.0 Å². The van der Waals surface area contributed by atoms with Crippen molar-refractivity contribution < 1.29 is 9.72 Å². The number of carbonyl (C=O) groups excluding carboxylic acids is 1. The molecule has 17 heavy (non-hydrogen) atoms. The van der Waals surface area contributed by atoms with Crippen LogP contribution in [0.4, 0.5) is 5.69 Å². The van der Waals surface area contributed by atoms with Crippen molar-refractivity contribution in [3.05, 3.63) is 38.9 Å². The van der Waals surface area contributed by atoms with Gasteiger partial charge in [0.1, 0.15) is 5.78 Å². The van der Waals surface area contributed by atoms with Gasteiger partial charge in [-0.15, -0.1) is 0 Å². The van der Waals surface area contributed by atoms with Gasteiger partial charge in [0.2, 0.25) is 0 Å². The van der Waals surface area contributed by atoms with E-state index in [9.17, 15) is 14.9 Å². The molecule has 0 atom stereocenters. The monoisotopic (exact) mass is 253 g/mol. The van der Waals surface area contributed by atoms with Crippen molar-refractivity contribution in [2.45, 2.75) is 26.2 Å². The zero-order valence-electron chi connectivity index (χ0n) is 9.40. The van der Waals surface area contributed by atoms with Gasteiger partial charge >= 0.3 is 0 Å². The summed E-state index contributed by atoms with van der Waals surface area (Å²) >= 11 is 6.00. The first kappa shape index (κ1) is 12.0. The van der Waals surface area contributed by atoms with Gasteiger partial charge in [-0.1, -0.05) is 17.7 Å². The van der Waals surface area contributed by atoms with Crippen LogP contribution in [0, 0.1) is 15.5 Å². The van der Waals surface area contributed by atoms with Crippen LogP contribution in [0.25, 0.3) is 0 Å². The van der Waals surface area contributed by atoms with Gasteiger partial charge in [-0.05, 0) is 32.3 Å². The molecule has 0 saturated heterocycles. The summed E-state index contributed by atoms with van der Waals surface area (Å²) in [5.41, 5.74) is 0.0762. The van der Waals surface area contributed by atoms with Gasteiger partial charge in [-0.25, -0.2) is 0 Å². The van der Waals surface area contributed by atoms with Crippen molar-refractivity contribution in [3.63, 3.8) is 0 Å². The molecule has 2 rings (SSSR count). The average Bonchev–Trinajstić information content (AvgIpc) is 3.01. The largest absolute Gasteiger partial charge is 0.299 e. The first-order valence-corrected chi connectivity index (χ1v) is 5.77. The minimum Gasteiger partial charge on any atom is -0.299 e. The maximum absolute atomic E-state index is 11.5. The third-order valence-electron chi connectivity index (χ3n) is 3.41. The Balaban J connectivity index is 2.38. The number of carbonyl (C=O) groups is 1. The number of benzene rings is 1. The number of nitro groups is 1. The molecule has 0 amide bonds. The molecule has 0 heterocycles. The van der Waals surface area contributed by atoms with Gasteiger partial charge in [0.05, 0.1) is 9.95 Å². The molecule has 1 aromatic carbocycles. The molecule has 0 aromatic heterocycles. The normalized spacial score (nSPS) is 16.6. The van der Waals surface area contributed by atoms with Crippen molar-refractivity contribution in [2.24, 2.45) is 5.41 Å². The first-order chi connectivity index (χ1) is 7.96. The van der Waals surface area contributed by atoms with E-state index in [1.807, 2.05) is 0 Å². The Kier molecular flexibility index (Phi) is 2.91. The molecular weight excluding hydrogens is 242 g/mol. The molecule has 0 N–H and O–H groups in total. The minimum absolute atomic E-state index is 0.00465. The van der Waals surface area contributed by atoms with Gasteiger partial charge in [-0.3, -0.25) is 14.9 Å². The third kappa shape index (κ3) is 2.17. The van der Waals surface area contributed by atoms with Crippen LogP contribution in [0.15, 0.2) is 18.2 Å². The van der Waals surface area contributed by atoms with E-state index in [0.717, 1.165) is 12.8 Å². The van der Waals surface area contributed by atoms with Crippen LogP contribution in [0.2, 0.25) is 5.02 Å². The highest BCUT2D eigenvalue weighted by Gasteiger charge is 2.48. The summed E-state index contributed by atoms with van der Waals surface area (Å²) in [6.45, 7) is 1.54. The number of ketones is 1. The molecule has 1 fully saturated rings. The standard InChI is InChI=1S/C12H12ClNO3/c1-8(15)12(5-6-12)7-9-10(13)3-2-4-11(9)14(16)17/h2-4H,5-7H2,1H3. The molecule has 0 aliphatic heterocycles. The van der Waals surface area contributed by atoms with Crippen molar-refractivity contribution in [2.75, 3.05) is 0 Å². The molecule has 0 radical (unpaired) electrons. The van der Waals surface area contributed by atoms with Gasteiger partial charge in [0.15, 0.2) is 0 Å². The van der Waals surface area contributed by atoms with Crippen LogP contribution in [-0.2, 0) is 11.2 Å². The summed E-state index contributed by atoms with van der Waals surface area (Å²) in [5, 5.41) is 11.3. The number of rotatable bonds is 4. The van der Waals surface area contributed by atoms with Crippen LogP contribution in [0.1, 0.15) is 25.3 Å². The number of nitrogens with zero attached hydrogens (tertiary/aromatic N) is 1. The summed E-state index contributed by atoms with van der Waals surface area (Å²) in [5.74, 6) is 0.0896. The molecule has 4 nitrogen and oxygen atoms in total. The molecule has 5 heteroatoms. The Morgan fingerprint density at radius 2 is 2.18 bits per heavy atom. The van der Waals surface area contributed by atoms with E-state index in [4.69, 9.17) is 11.6 Å². The summed E-state index contributed by atoms with van der Waals surface area (Å²) in [4.78, 5) is 22.0. The highest BCUT2D eigenvalue weighted by atomic mass is 35.5. The van der Waals surface area contributed by atoms with Crippen molar-refractivity contribution in [1.29, 1.82) is 0 Å². The second-order valence-electron chi connectivity index (χ2n) is 4.51. The highest BCUT2D eigenvalue weighted by molar-refractivity contribution is 6.31. The van der Waals surface area contributed by atoms with E-state index >= 15 is 0 Å². The maximum atomic E-state index is 11.5. The fraction of sp³-hybridized carbons (Fsp3) is 0.417. The molecular formula is C12H12ClNO3. The molecule has 1 aliphatic rings. The fourth-order valence-electron chi connectivity index (χ4n) is 2.04. The highest BCUT2D eigenvalue weighted by Crippen LogP contribution is 2.51. The van der Waals surface area contributed by atoms with Gasteiger partial charge in [0.25, 0.3) is 5.69 Å². The molecule has 0 spiro atoms. The van der Waals surface area contributed by atoms with Crippen LogP contribution in [-0.4, -0.2) is 10.7 Å². The summed E-state index contributed by atoms with van der Waals surface area (Å²) in [6, 6.07) is 4.61. The van der Waals surface area contributed by atoms with Crippen LogP contribution < -0.4 is 0 Å². The summed E-state index contributed by atoms with van der Waals surface area (Å²) < 4.78 is 0. The Labute approximate surface area is 104 Å². The molecule has 1 aromatic rings. The van der Waals surface area contributed by atoms with Crippen LogP contribution in [0.3, 0.4) is 0 Å². The lowest BCUT2D eigenvalue weighted by molar-refractivity contribution is -0.385. The van der Waals surface area contributed by atoms with E-state index in [1.165, 1.54) is 13.0 Å². The van der Waals surface area contributed by atoms with E-state index < -0.39 is 10.3 Å². The quantitative estimate of drug-likeness (QED) is 0.612. The Morgan fingerprint density at radius 3 is 2.65 bits per heavy atom. The van der Waals surface area contributed by atoms with Crippen LogP contribution >= 0.6 is 11.6 Å². The molecule has 90 valence electrons. The summed E-state index contributed by atoms with van der Waals surface area (Å²) in [7, 11) is 0. The second kappa shape index (κ2) is 4.11. The lowest BCUT2D eigenvalue weighted by Gasteiger charge is -2.12. The number of halogens is 1. The topological polar surface area (TPSA) is 60.2 Å². The fourth-order valence-corrected chi connectivity index (χ4v) is 2.27. The lowest BCUT2D eigenvalue weighted by Crippen LogP contribution is -2.16. The molecule has 1 aliphatic carbocycles. The van der Waals surface area contributed by atoms with E-state index in [2.05, 4.69) is 0 Å². The number of hydrogen-bond donors (Lipinski definition) is 0. The molecule has 0 unspecified atom stereocenters. The number of nitro benzene ring substituents is 1. The lowest BCUT2D eigenvalue weighted by atomic mass is 9.92. The molecule has 0 bridgehead atoms. The zero-order valence-corrected chi connectivity index (χ0v) is 10.2. The number of Topliss-reactive ketones (excluding diaryl/α,β-unsaturated/α-hetero) is 1. The van der Waals surface area contributed by atoms with Crippen molar-refractivity contribution in [3.8, 4) is 0 Å². The first-order valence-electron chi connectivity index (χ1n) is 5.39. The number of hydrogen-bond acceptors (Lipinski definition) is 3. The Hall–Kier alpha value is -1.42. The molecule has 1 saturated carbocycles. The minimum atomic E-state index is -0.447.